The Labute approximate surface area is 128 Å². The van der Waals surface area contributed by atoms with Gasteiger partial charge in [-0.3, -0.25) is 4.79 Å². The zero-order valence-electron chi connectivity index (χ0n) is 13.9. The van der Waals surface area contributed by atoms with Gasteiger partial charge in [0.05, 0.1) is 6.10 Å². The highest BCUT2D eigenvalue weighted by Gasteiger charge is 2.38. The van der Waals surface area contributed by atoms with Crippen LogP contribution in [0.15, 0.2) is 24.3 Å². The van der Waals surface area contributed by atoms with Gasteiger partial charge in [0, 0.05) is 5.56 Å². The first-order valence-electron chi connectivity index (χ1n) is 7.23. The van der Waals surface area contributed by atoms with Gasteiger partial charge in [-0.15, -0.1) is 0 Å². The SMILES string of the molecule is CC(COc1ccc(C(N)=O)cc1)O[Si](C)(C)C(C)(C)C. The molecular weight excluding hydrogens is 282 g/mol. The third-order valence-electron chi connectivity index (χ3n) is 3.93. The van der Waals surface area contributed by atoms with Gasteiger partial charge in [-0.05, 0) is 49.3 Å². The topological polar surface area (TPSA) is 61.5 Å². The van der Waals surface area contributed by atoms with Crippen molar-refractivity contribution in [1.29, 1.82) is 0 Å². The van der Waals surface area contributed by atoms with Crippen molar-refractivity contribution in [2.24, 2.45) is 5.73 Å². The van der Waals surface area contributed by atoms with Gasteiger partial charge in [0.1, 0.15) is 12.4 Å². The zero-order chi connectivity index (χ0) is 16.3. The fraction of sp³-hybridized carbons (Fsp3) is 0.562. The maximum atomic E-state index is 11.0. The fourth-order valence-corrected chi connectivity index (χ4v) is 3.07. The first kappa shape index (κ1) is 17.7. The average molecular weight is 309 g/mol. The minimum Gasteiger partial charge on any atom is -0.491 e. The lowest BCUT2D eigenvalue weighted by Crippen LogP contribution is -2.44. The maximum Gasteiger partial charge on any atom is 0.248 e. The van der Waals surface area contributed by atoms with Crippen LogP contribution in [0, 0.1) is 0 Å². The van der Waals surface area contributed by atoms with E-state index in [0.29, 0.717) is 17.9 Å². The molecule has 0 aliphatic heterocycles. The second-order valence-electron chi connectivity index (χ2n) is 6.89. The van der Waals surface area contributed by atoms with Crippen LogP contribution in [-0.2, 0) is 4.43 Å². The molecule has 0 radical (unpaired) electrons. The van der Waals surface area contributed by atoms with E-state index in [1.54, 1.807) is 24.3 Å². The number of nitrogens with two attached hydrogens (primary N) is 1. The Morgan fingerprint density at radius 3 is 2.19 bits per heavy atom. The summed E-state index contributed by atoms with van der Waals surface area (Å²) in [6, 6.07) is 6.83. The quantitative estimate of drug-likeness (QED) is 0.817. The molecule has 21 heavy (non-hydrogen) atoms. The summed E-state index contributed by atoms with van der Waals surface area (Å²) in [4.78, 5) is 11.0. The molecule has 1 unspecified atom stereocenters. The summed E-state index contributed by atoms with van der Waals surface area (Å²) in [5.41, 5.74) is 5.68. The third kappa shape index (κ3) is 5.17. The summed E-state index contributed by atoms with van der Waals surface area (Å²) in [5, 5.41) is 0.185. The van der Waals surface area contributed by atoms with Crippen LogP contribution in [0.3, 0.4) is 0 Å². The van der Waals surface area contributed by atoms with Crippen LogP contribution in [-0.4, -0.2) is 26.9 Å². The Morgan fingerprint density at radius 1 is 1.24 bits per heavy atom. The Morgan fingerprint density at radius 2 is 1.76 bits per heavy atom. The molecular formula is C16H27NO3Si. The number of primary amides is 1. The summed E-state index contributed by atoms with van der Waals surface area (Å²) < 4.78 is 11.9. The first-order valence-corrected chi connectivity index (χ1v) is 10.1. The van der Waals surface area contributed by atoms with Crippen LogP contribution in [0.25, 0.3) is 0 Å². The second kappa shape index (κ2) is 6.62. The van der Waals surface area contributed by atoms with Crippen molar-refractivity contribution in [1.82, 2.24) is 0 Å². The molecule has 4 nitrogen and oxygen atoms in total. The summed E-state index contributed by atoms with van der Waals surface area (Å²) in [6.07, 6.45) is 0.0294. The Balaban J connectivity index is 2.53. The molecule has 0 spiro atoms. The Bertz CT molecular complexity index is 477. The zero-order valence-corrected chi connectivity index (χ0v) is 14.9. The van der Waals surface area contributed by atoms with Gasteiger partial charge in [-0.2, -0.15) is 0 Å². The van der Waals surface area contributed by atoms with Crippen molar-refractivity contribution in [3.05, 3.63) is 29.8 Å². The van der Waals surface area contributed by atoms with E-state index in [9.17, 15) is 4.79 Å². The molecule has 5 heteroatoms. The fourth-order valence-electron chi connectivity index (χ4n) is 1.64. The molecule has 1 aromatic carbocycles. The number of carbonyl (C=O) groups is 1. The number of rotatable bonds is 6. The molecule has 1 aromatic rings. The van der Waals surface area contributed by atoms with Gasteiger partial charge >= 0.3 is 0 Å². The first-order chi connectivity index (χ1) is 9.53. The maximum absolute atomic E-state index is 11.0. The lowest BCUT2D eigenvalue weighted by molar-refractivity contribution is 0.1000. The number of carbonyl (C=O) groups excluding carboxylic acids is 1. The Kier molecular flexibility index (Phi) is 5.59. The molecule has 0 saturated heterocycles. The van der Waals surface area contributed by atoms with Crippen molar-refractivity contribution in [2.45, 2.75) is 51.9 Å². The molecule has 0 aliphatic carbocycles. The van der Waals surface area contributed by atoms with Gasteiger partial charge in [-0.1, -0.05) is 20.8 Å². The average Bonchev–Trinajstić information content (AvgIpc) is 2.35. The van der Waals surface area contributed by atoms with Crippen LogP contribution in [0.2, 0.25) is 18.1 Å². The molecule has 1 atom stereocenters. The highest BCUT2D eigenvalue weighted by atomic mass is 28.4. The summed E-state index contributed by atoms with van der Waals surface area (Å²) in [7, 11) is -1.77. The lowest BCUT2D eigenvalue weighted by atomic mass is 10.2. The smallest absolute Gasteiger partial charge is 0.248 e. The van der Waals surface area contributed by atoms with Crippen LogP contribution < -0.4 is 10.5 Å². The highest BCUT2D eigenvalue weighted by molar-refractivity contribution is 6.74. The van der Waals surface area contributed by atoms with Crippen LogP contribution in [0.1, 0.15) is 38.1 Å². The van der Waals surface area contributed by atoms with Crippen molar-refractivity contribution in [3.63, 3.8) is 0 Å². The number of hydrogen-bond donors (Lipinski definition) is 1. The van der Waals surface area contributed by atoms with E-state index in [-0.39, 0.29) is 11.1 Å². The number of ether oxygens (including phenoxy) is 1. The number of benzene rings is 1. The second-order valence-corrected chi connectivity index (χ2v) is 11.6. The van der Waals surface area contributed by atoms with E-state index in [0.717, 1.165) is 0 Å². The van der Waals surface area contributed by atoms with Crippen molar-refractivity contribution >= 4 is 14.2 Å². The molecule has 0 bridgehead atoms. The van der Waals surface area contributed by atoms with Gasteiger partial charge in [0.2, 0.25) is 5.91 Å². The summed E-state index contributed by atoms with van der Waals surface area (Å²) in [6.45, 7) is 13.6. The minimum absolute atomic E-state index is 0.0294. The largest absolute Gasteiger partial charge is 0.491 e. The number of amides is 1. The standard InChI is InChI=1S/C16H27NO3Si/c1-12(20-21(5,6)16(2,3)4)11-19-14-9-7-13(8-10-14)15(17)18/h7-10,12H,11H2,1-6H3,(H2,17,18). The molecule has 2 N–H and O–H groups in total. The third-order valence-corrected chi connectivity index (χ3v) is 8.53. The Hall–Kier alpha value is -1.33. The molecule has 0 saturated carbocycles. The van der Waals surface area contributed by atoms with E-state index in [2.05, 4.69) is 33.9 Å². The molecule has 1 rings (SSSR count). The highest BCUT2D eigenvalue weighted by Crippen LogP contribution is 2.37. The summed E-state index contributed by atoms with van der Waals surface area (Å²) >= 11 is 0. The van der Waals surface area contributed by atoms with Gasteiger partial charge in [0.15, 0.2) is 8.32 Å². The van der Waals surface area contributed by atoms with E-state index in [1.165, 1.54) is 0 Å². The van der Waals surface area contributed by atoms with Gasteiger partial charge in [0.25, 0.3) is 0 Å². The van der Waals surface area contributed by atoms with Crippen LogP contribution >= 0.6 is 0 Å². The van der Waals surface area contributed by atoms with E-state index >= 15 is 0 Å². The van der Waals surface area contributed by atoms with Gasteiger partial charge < -0.3 is 14.9 Å². The molecule has 0 aliphatic rings. The minimum atomic E-state index is -1.77. The predicted octanol–water partition coefficient (Wildman–Crippen LogP) is 3.57. The predicted molar refractivity (Wildman–Crippen MR) is 88.2 cm³/mol. The molecule has 0 heterocycles. The van der Waals surface area contributed by atoms with Crippen LogP contribution in [0.5, 0.6) is 5.75 Å². The van der Waals surface area contributed by atoms with E-state index in [1.807, 2.05) is 6.92 Å². The molecule has 1 amide bonds. The summed E-state index contributed by atoms with van der Waals surface area (Å²) in [5.74, 6) is 0.279. The molecule has 118 valence electrons. The number of hydrogen-bond acceptors (Lipinski definition) is 3. The van der Waals surface area contributed by atoms with Crippen molar-refractivity contribution in [3.8, 4) is 5.75 Å². The lowest BCUT2D eigenvalue weighted by Gasteiger charge is -2.38. The molecule has 0 fully saturated rings. The van der Waals surface area contributed by atoms with E-state index < -0.39 is 14.2 Å². The molecule has 0 aromatic heterocycles. The normalized spacial score (nSPS) is 13.8. The van der Waals surface area contributed by atoms with Gasteiger partial charge in [-0.25, -0.2) is 0 Å². The monoisotopic (exact) mass is 309 g/mol. The van der Waals surface area contributed by atoms with Crippen molar-refractivity contribution < 1.29 is 14.0 Å². The van der Waals surface area contributed by atoms with Crippen molar-refractivity contribution in [2.75, 3.05) is 6.61 Å². The van der Waals surface area contributed by atoms with E-state index in [4.69, 9.17) is 14.9 Å². The van der Waals surface area contributed by atoms with Crippen LogP contribution in [0.4, 0.5) is 0 Å².